The van der Waals surface area contributed by atoms with Gasteiger partial charge in [-0.05, 0) is 24.3 Å². The number of carbonyl (C=O) groups is 2. The van der Waals surface area contributed by atoms with Crippen LogP contribution >= 0.6 is 0 Å². The van der Waals surface area contributed by atoms with Crippen molar-refractivity contribution >= 4 is 23.5 Å². The topological polar surface area (TPSA) is 78.4 Å². The highest BCUT2D eigenvalue weighted by Crippen LogP contribution is 2.16. The first-order valence-electron chi connectivity index (χ1n) is 7.82. The molecular formula is C17H19N5O2. The molecule has 0 atom stereocenters. The second-order valence-corrected chi connectivity index (χ2v) is 5.58. The summed E-state index contributed by atoms with van der Waals surface area (Å²) in [6.45, 7) is 3.82. The van der Waals surface area contributed by atoms with Crippen LogP contribution in [0.3, 0.4) is 0 Å². The number of amides is 2. The van der Waals surface area contributed by atoms with Crippen LogP contribution in [0.25, 0.3) is 0 Å². The van der Waals surface area contributed by atoms with Crippen molar-refractivity contribution in [2.24, 2.45) is 0 Å². The maximum atomic E-state index is 12.6. The van der Waals surface area contributed by atoms with Gasteiger partial charge in [0, 0.05) is 56.7 Å². The first-order chi connectivity index (χ1) is 11.6. The molecule has 1 aromatic heterocycles. The molecule has 0 bridgehead atoms. The minimum Gasteiger partial charge on any atom is -0.339 e. The van der Waals surface area contributed by atoms with E-state index in [9.17, 15) is 9.59 Å². The van der Waals surface area contributed by atoms with Gasteiger partial charge < -0.3 is 15.1 Å². The zero-order valence-corrected chi connectivity index (χ0v) is 13.5. The second kappa shape index (κ2) is 7.08. The average molecular weight is 325 g/mol. The molecule has 1 aliphatic heterocycles. The molecule has 0 spiro atoms. The fourth-order valence-corrected chi connectivity index (χ4v) is 2.63. The summed E-state index contributed by atoms with van der Waals surface area (Å²) in [4.78, 5) is 35.8. The van der Waals surface area contributed by atoms with E-state index >= 15 is 0 Å². The van der Waals surface area contributed by atoms with E-state index in [0.29, 0.717) is 37.7 Å². The lowest BCUT2D eigenvalue weighted by molar-refractivity contribution is -0.130. The third-order valence-electron chi connectivity index (χ3n) is 3.94. The van der Waals surface area contributed by atoms with Gasteiger partial charge in [-0.25, -0.2) is 9.97 Å². The molecule has 0 saturated carbocycles. The van der Waals surface area contributed by atoms with Gasteiger partial charge in [-0.2, -0.15) is 0 Å². The van der Waals surface area contributed by atoms with E-state index in [-0.39, 0.29) is 11.8 Å². The Hall–Kier alpha value is -2.96. The van der Waals surface area contributed by atoms with Crippen molar-refractivity contribution in [3.63, 3.8) is 0 Å². The van der Waals surface area contributed by atoms with E-state index in [2.05, 4.69) is 15.3 Å². The molecule has 7 heteroatoms. The highest BCUT2D eigenvalue weighted by Gasteiger charge is 2.23. The summed E-state index contributed by atoms with van der Waals surface area (Å²) in [5.74, 6) is 0.504. The van der Waals surface area contributed by atoms with Crippen LogP contribution in [0.1, 0.15) is 17.3 Å². The standard InChI is InChI=1S/C17H19N5O2/c1-13(23)21-8-10-22(11-9-21)16(24)14-4-2-5-15(12-14)20-17-18-6-3-7-19-17/h2-7,12H,8-11H2,1H3,(H,18,19,20). The third-order valence-corrected chi connectivity index (χ3v) is 3.94. The van der Waals surface area contributed by atoms with Gasteiger partial charge in [0.05, 0.1) is 0 Å². The van der Waals surface area contributed by atoms with E-state index in [1.165, 1.54) is 0 Å². The zero-order chi connectivity index (χ0) is 16.9. The van der Waals surface area contributed by atoms with Gasteiger partial charge in [0.1, 0.15) is 0 Å². The Morgan fingerprint density at radius 1 is 1.00 bits per heavy atom. The zero-order valence-electron chi connectivity index (χ0n) is 13.5. The van der Waals surface area contributed by atoms with Gasteiger partial charge in [-0.1, -0.05) is 6.07 Å². The van der Waals surface area contributed by atoms with E-state index in [1.54, 1.807) is 47.3 Å². The Morgan fingerprint density at radius 3 is 2.33 bits per heavy atom. The molecule has 124 valence electrons. The summed E-state index contributed by atoms with van der Waals surface area (Å²) in [6.07, 6.45) is 3.30. The first-order valence-corrected chi connectivity index (χ1v) is 7.82. The van der Waals surface area contributed by atoms with Crippen molar-refractivity contribution in [1.82, 2.24) is 19.8 Å². The van der Waals surface area contributed by atoms with Crippen LogP contribution in [0.5, 0.6) is 0 Å². The quantitative estimate of drug-likeness (QED) is 0.926. The van der Waals surface area contributed by atoms with Gasteiger partial charge in [-0.3, -0.25) is 9.59 Å². The number of nitrogens with zero attached hydrogens (tertiary/aromatic N) is 4. The van der Waals surface area contributed by atoms with Crippen molar-refractivity contribution in [3.05, 3.63) is 48.3 Å². The van der Waals surface area contributed by atoms with Crippen molar-refractivity contribution in [1.29, 1.82) is 0 Å². The molecule has 1 aromatic carbocycles. The number of aromatic nitrogens is 2. The SMILES string of the molecule is CC(=O)N1CCN(C(=O)c2cccc(Nc3ncccn3)c2)CC1. The van der Waals surface area contributed by atoms with Crippen LogP contribution in [0, 0.1) is 0 Å². The summed E-state index contributed by atoms with van der Waals surface area (Å²) in [5, 5.41) is 3.08. The lowest BCUT2D eigenvalue weighted by atomic mass is 10.1. The average Bonchev–Trinajstić information content (AvgIpc) is 2.62. The van der Waals surface area contributed by atoms with Gasteiger partial charge in [0.15, 0.2) is 0 Å². The number of hydrogen-bond acceptors (Lipinski definition) is 5. The molecule has 0 unspecified atom stereocenters. The number of anilines is 2. The summed E-state index contributed by atoms with van der Waals surface area (Å²) in [7, 11) is 0. The number of rotatable bonds is 3. The predicted molar refractivity (Wildman–Crippen MR) is 89.9 cm³/mol. The van der Waals surface area contributed by atoms with E-state index in [1.807, 2.05) is 12.1 Å². The highest BCUT2D eigenvalue weighted by atomic mass is 16.2. The van der Waals surface area contributed by atoms with Crippen LogP contribution in [-0.2, 0) is 4.79 Å². The summed E-state index contributed by atoms with van der Waals surface area (Å²) >= 11 is 0. The van der Waals surface area contributed by atoms with Crippen molar-refractivity contribution in [2.45, 2.75) is 6.92 Å². The Kier molecular flexibility index (Phi) is 4.69. The van der Waals surface area contributed by atoms with Crippen molar-refractivity contribution in [2.75, 3.05) is 31.5 Å². The Bertz CT molecular complexity index is 727. The second-order valence-electron chi connectivity index (χ2n) is 5.58. The minimum atomic E-state index is -0.0316. The van der Waals surface area contributed by atoms with E-state index < -0.39 is 0 Å². The summed E-state index contributed by atoms with van der Waals surface area (Å²) < 4.78 is 0. The van der Waals surface area contributed by atoms with Crippen molar-refractivity contribution in [3.8, 4) is 0 Å². The Labute approximate surface area is 140 Å². The molecule has 24 heavy (non-hydrogen) atoms. The van der Waals surface area contributed by atoms with Crippen LogP contribution < -0.4 is 5.32 Å². The van der Waals surface area contributed by atoms with Crippen LogP contribution in [0.4, 0.5) is 11.6 Å². The molecule has 0 aliphatic carbocycles. The number of benzene rings is 1. The third kappa shape index (κ3) is 3.68. The molecule has 2 aromatic rings. The summed E-state index contributed by atoms with van der Waals surface area (Å²) in [6, 6.07) is 9.00. The normalized spacial score (nSPS) is 14.4. The highest BCUT2D eigenvalue weighted by molar-refractivity contribution is 5.95. The van der Waals surface area contributed by atoms with E-state index in [0.717, 1.165) is 5.69 Å². The fraction of sp³-hybridized carbons (Fsp3) is 0.294. The molecule has 1 aliphatic rings. The smallest absolute Gasteiger partial charge is 0.254 e. The molecule has 1 fully saturated rings. The molecule has 2 heterocycles. The fourth-order valence-electron chi connectivity index (χ4n) is 2.63. The first kappa shape index (κ1) is 15.9. The monoisotopic (exact) mass is 325 g/mol. The largest absolute Gasteiger partial charge is 0.339 e. The minimum absolute atomic E-state index is 0.0316. The number of nitrogens with one attached hydrogen (secondary N) is 1. The van der Waals surface area contributed by atoms with E-state index in [4.69, 9.17) is 0 Å². The molecule has 1 saturated heterocycles. The van der Waals surface area contributed by atoms with Gasteiger partial charge in [0.2, 0.25) is 11.9 Å². The van der Waals surface area contributed by atoms with Gasteiger partial charge >= 0.3 is 0 Å². The van der Waals surface area contributed by atoms with Crippen molar-refractivity contribution < 1.29 is 9.59 Å². The number of carbonyl (C=O) groups excluding carboxylic acids is 2. The Morgan fingerprint density at radius 2 is 1.67 bits per heavy atom. The maximum absolute atomic E-state index is 12.6. The molecule has 3 rings (SSSR count). The molecular weight excluding hydrogens is 306 g/mol. The predicted octanol–water partition coefficient (Wildman–Crippen LogP) is 1.52. The molecule has 7 nitrogen and oxygen atoms in total. The maximum Gasteiger partial charge on any atom is 0.254 e. The summed E-state index contributed by atoms with van der Waals surface area (Å²) in [5.41, 5.74) is 1.36. The number of hydrogen-bond donors (Lipinski definition) is 1. The molecule has 1 N–H and O–H groups in total. The van der Waals surface area contributed by atoms with Gasteiger partial charge in [0.25, 0.3) is 5.91 Å². The molecule has 0 radical (unpaired) electrons. The van der Waals surface area contributed by atoms with Gasteiger partial charge in [-0.15, -0.1) is 0 Å². The van der Waals surface area contributed by atoms with Crippen LogP contribution in [0.2, 0.25) is 0 Å². The Balaban J connectivity index is 1.67. The molecule has 2 amide bonds. The lowest BCUT2D eigenvalue weighted by Gasteiger charge is -2.34. The van der Waals surface area contributed by atoms with Crippen LogP contribution in [-0.4, -0.2) is 57.8 Å². The lowest BCUT2D eigenvalue weighted by Crippen LogP contribution is -2.50. The number of piperazine rings is 1. The van der Waals surface area contributed by atoms with Crippen LogP contribution in [0.15, 0.2) is 42.7 Å².